The van der Waals surface area contributed by atoms with Crippen molar-refractivity contribution in [2.24, 2.45) is 5.92 Å². The number of aryl methyl sites for hydroxylation is 1. The number of hydrogen-bond donors (Lipinski definition) is 0. The van der Waals surface area contributed by atoms with E-state index in [-0.39, 0.29) is 11.0 Å². The Morgan fingerprint density at radius 3 is 2.95 bits per heavy atom. The molecule has 1 aromatic rings. The van der Waals surface area contributed by atoms with Gasteiger partial charge < -0.3 is 4.90 Å². The van der Waals surface area contributed by atoms with Crippen LogP contribution in [0.5, 0.6) is 0 Å². The summed E-state index contributed by atoms with van der Waals surface area (Å²) in [6.45, 7) is 5.09. The van der Waals surface area contributed by atoms with E-state index in [4.69, 9.17) is 0 Å². The van der Waals surface area contributed by atoms with Gasteiger partial charge in [-0.1, -0.05) is 41.6 Å². The van der Waals surface area contributed by atoms with E-state index in [9.17, 15) is 9.59 Å². The molecule has 1 saturated heterocycles. The molecule has 1 aliphatic heterocycles. The fourth-order valence-corrected chi connectivity index (χ4v) is 3.08. The third-order valence-electron chi connectivity index (χ3n) is 3.27. The summed E-state index contributed by atoms with van der Waals surface area (Å²) in [5.41, 5.74) is 2.39. The summed E-state index contributed by atoms with van der Waals surface area (Å²) in [5.74, 6) is 1.27. The van der Waals surface area contributed by atoms with Gasteiger partial charge in [-0.05, 0) is 18.4 Å². The van der Waals surface area contributed by atoms with Crippen molar-refractivity contribution in [3.8, 4) is 0 Å². The topological polar surface area (TPSA) is 37.4 Å². The SMILES string of the molecule is CC(=O)SCC1CC(=O)N(Cc2cccc(C)c2)C1. The quantitative estimate of drug-likeness (QED) is 0.849. The molecule has 1 aliphatic rings. The molecule has 19 heavy (non-hydrogen) atoms. The summed E-state index contributed by atoms with van der Waals surface area (Å²) >= 11 is 1.32. The number of carbonyl (C=O) groups is 2. The van der Waals surface area contributed by atoms with Crippen molar-refractivity contribution in [1.82, 2.24) is 4.90 Å². The highest BCUT2D eigenvalue weighted by Gasteiger charge is 2.29. The van der Waals surface area contributed by atoms with Gasteiger partial charge in [0.25, 0.3) is 0 Å². The van der Waals surface area contributed by atoms with Gasteiger partial charge in [0, 0.05) is 32.2 Å². The minimum Gasteiger partial charge on any atom is -0.338 e. The Balaban J connectivity index is 1.91. The monoisotopic (exact) mass is 277 g/mol. The second-order valence-electron chi connectivity index (χ2n) is 5.14. The first-order valence-electron chi connectivity index (χ1n) is 6.51. The molecule has 0 N–H and O–H groups in total. The summed E-state index contributed by atoms with van der Waals surface area (Å²) in [7, 11) is 0. The van der Waals surface area contributed by atoms with E-state index in [0.29, 0.717) is 18.9 Å². The lowest BCUT2D eigenvalue weighted by Gasteiger charge is -2.17. The Morgan fingerprint density at radius 1 is 1.47 bits per heavy atom. The van der Waals surface area contributed by atoms with Gasteiger partial charge in [-0.15, -0.1) is 0 Å². The molecule has 0 saturated carbocycles. The zero-order valence-electron chi connectivity index (χ0n) is 11.4. The normalized spacial score (nSPS) is 18.9. The Kier molecular flexibility index (Phi) is 4.64. The van der Waals surface area contributed by atoms with Crippen LogP contribution < -0.4 is 0 Å². The van der Waals surface area contributed by atoms with Gasteiger partial charge in [0.1, 0.15) is 0 Å². The van der Waals surface area contributed by atoms with E-state index in [0.717, 1.165) is 12.3 Å². The van der Waals surface area contributed by atoms with Gasteiger partial charge in [0.2, 0.25) is 5.91 Å². The molecular formula is C15H19NO2S. The number of rotatable bonds is 4. The van der Waals surface area contributed by atoms with E-state index in [1.54, 1.807) is 6.92 Å². The molecule has 1 atom stereocenters. The van der Waals surface area contributed by atoms with Crippen LogP contribution in [0.2, 0.25) is 0 Å². The van der Waals surface area contributed by atoms with Crippen molar-refractivity contribution in [2.45, 2.75) is 26.8 Å². The average molecular weight is 277 g/mol. The zero-order valence-corrected chi connectivity index (χ0v) is 12.2. The smallest absolute Gasteiger partial charge is 0.223 e. The summed E-state index contributed by atoms with van der Waals surface area (Å²) in [6, 6.07) is 8.25. The highest BCUT2D eigenvalue weighted by Crippen LogP contribution is 2.24. The molecule has 0 aromatic heterocycles. The van der Waals surface area contributed by atoms with Gasteiger partial charge in [0.15, 0.2) is 5.12 Å². The fraction of sp³-hybridized carbons (Fsp3) is 0.467. The van der Waals surface area contributed by atoms with E-state index in [1.165, 1.54) is 22.9 Å². The molecule has 4 heteroatoms. The van der Waals surface area contributed by atoms with Crippen molar-refractivity contribution < 1.29 is 9.59 Å². The summed E-state index contributed by atoms with van der Waals surface area (Å²) in [4.78, 5) is 24.8. The van der Waals surface area contributed by atoms with Crippen LogP contribution >= 0.6 is 11.8 Å². The Bertz CT molecular complexity index is 487. The van der Waals surface area contributed by atoms with E-state index < -0.39 is 0 Å². The van der Waals surface area contributed by atoms with Crippen LogP contribution in [0.25, 0.3) is 0 Å². The Hall–Kier alpha value is -1.29. The minimum absolute atomic E-state index is 0.129. The first-order valence-corrected chi connectivity index (χ1v) is 7.50. The molecule has 1 aromatic carbocycles. The maximum absolute atomic E-state index is 12.0. The van der Waals surface area contributed by atoms with Crippen LogP contribution in [0, 0.1) is 12.8 Å². The molecule has 0 bridgehead atoms. The first-order chi connectivity index (χ1) is 9.04. The molecule has 1 fully saturated rings. The van der Waals surface area contributed by atoms with Gasteiger partial charge in [-0.3, -0.25) is 9.59 Å². The molecule has 1 amide bonds. The van der Waals surface area contributed by atoms with E-state index in [1.807, 2.05) is 11.0 Å². The molecule has 3 nitrogen and oxygen atoms in total. The number of carbonyl (C=O) groups excluding carboxylic acids is 2. The predicted molar refractivity (Wildman–Crippen MR) is 77.8 cm³/mol. The lowest BCUT2D eigenvalue weighted by atomic mass is 10.1. The van der Waals surface area contributed by atoms with E-state index >= 15 is 0 Å². The average Bonchev–Trinajstić information content (AvgIpc) is 2.68. The molecule has 1 unspecified atom stereocenters. The number of benzene rings is 1. The molecule has 2 rings (SSSR count). The number of nitrogens with zero attached hydrogens (tertiary/aromatic N) is 1. The summed E-state index contributed by atoms with van der Waals surface area (Å²) < 4.78 is 0. The van der Waals surface area contributed by atoms with Crippen LogP contribution in [-0.4, -0.2) is 28.2 Å². The van der Waals surface area contributed by atoms with Crippen molar-refractivity contribution in [3.05, 3.63) is 35.4 Å². The van der Waals surface area contributed by atoms with E-state index in [2.05, 4.69) is 25.1 Å². The van der Waals surface area contributed by atoms with Crippen LogP contribution in [-0.2, 0) is 16.1 Å². The van der Waals surface area contributed by atoms with Gasteiger partial charge in [-0.25, -0.2) is 0 Å². The highest BCUT2D eigenvalue weighted by atomic mass is 32.2. The second kappa shape index (κ2) is 6.24. The standard InChI is InChI=1S/C15H19NO2S/c1-11-4-3-5-13(6-11)8-16-9-14(7-15(16)18)10-19-12(2)17/h3-6,14H,7-10H2,1-2H3. The lowest BCUT2D eigenvalue weighted by Crippen LogP contribution is -2.24. The van der Waals surface area contributed by atoms with Gasteiger partial charge in [0.05, 0.1) is 0 Å². The molecule has 102 valence electrons. The van der Waals surface area contributed by atoms with Crippen molar-refractivity contribution in [2.75, 3.05) is 12.3 Å². The number of amides is 1. The Labute approximate surface area is 118 Å². The third-order valence-corrected chi connectivity index (χ3v) is 4.32. The minimum atomic E-state index is 0.129. The maximum Gasteiger partial charge on any atom is 0.223 e. The van der Waals surface area contributed by atoms with Crippen molar-refractivity contribution in [3.63, 3.8) is 0 Å². The van der Waals surface area contributed by atoms with Gasteiger partial charge in [-0.2, -0.15) is 0 Å². The zero-order chi connectivity index (χ0) is 13.8. The Morgan fingerprint density at radius 2 is 2.26 bits per heavy atom. The number of likely N-dealkylation sites (tertiary alicyclic amines) is 1. The summed E-state index contributed by atoms with van der Waals surface area (Å²) in [5, 5.41) is 0.129. The largest absolute Gasteiger partial charge is 0.338 e. The predicted octanol–water partition coefficient (Wildman–Crippen LogP) is 2.62. The fourth-order valence-electron chi connectivity index (χ4n) is 2.38. The first kappa shape index (κ1) is 14.1. The van der Waals surface area contributed by atoms with Gasteiger partial charge >= 0.3 is 0 Å². The van der Waals surface area contributed by atoms with Crippen molar-refractivity contribution >= 4 is 22.8 Å². The number of hydrogen-bond acceptors (Lipinski definition) is 3. The summed E-state index contributed by atoms with van der Waals surface area (Å²) in [6.07, 6.45) is 0.575. The molecule has 0 spiro atoms. The van der Waals surface area contributed by atoms with Crippen LogP contribution in [0.1, 0.15) is 24.5 Å². The highest BCUT2D eigenvalue weighted by molar-refractivity contribution is 8.13. The second-order valence-corrected chi connectivity index (χ2v) is 6.33. The molecule has 0 radical (unpaired) electrons. The van der Waals surface area contributed by atoms with Crippen LogP contribution in [0.4, 0.5) is 0 Å². The third kappa shape index (κ3) is 4.10. The number of thioether (sulfide) groups is 1. The lowest BCUT2D eigenvalue weighted by molar-refractivity contribution is -0.128. The molecule has 0 aliphatic carbocycles. The van der Waals surface area contributed by atoms with Crippen LogP contribution in [0.15, 0.2) is 24.3 Å². The van der Waals surface area contributed by atoms with Crippen molar-refractivity contribution in [1.29, 1.82) is 0 Å². The molecular weight excluding hydrogens is 258 g/mol. The molecule has 1 heterocycles. The van der Waals surface area contributed by atoms with Crippen LogP contribution in [0.3, 0.4) is 0 Å². The maximum atomic E-state index is 12.0.